The predicted molar refractivity (Wildman–Crippen MR) is 83.5 cm³/mol. The standard InChI is InChI=1S/C15H20ClN3O2/c1-10-3-6-13(12(16)7-10)18-15(21)9-19(2)8-14(20)17-11-4-5-11/h3,6-7,11H,4-5,8-9H2,1-2H3,(H,17,20)(H,18,21). The Morgan fingerprint density at radius 2 is 1.95 bits per heavy atom. The molecule has 1 aliphatic rings. The molecule has 1 aliphatic carbocycles. The minimum atomic E-state index is -0.192. The van der Waals surface area contributed by atoms with Crippen LogP contribution in [0.4, 0.5) is 5.69 Å². The summed E-state index contributed by atoms with van der Waals surface area (Å²) in [5.41, 5.74) is 1.62. The highest BCUT2D eigenvalue weighted by Crippen LogP contribution is 2.22. The minimum Gasteiger partial charge on any atom is -0.352 e. The molecule has 2 amide bonds. The summed E-state index contributed by atoms with van der Waals surface area (Å²) in [6.45, 7) is 2.29. The van der Waals surface area contributed by atoms with Gasteiger partial charge in [0, 0.05) is 6.04 Å². The molecule has 0 heterocycles. The van der Waals surface area contributed by atoms with Crippen molar-refractivity contribution in [1.29, 1.82) is 0 Å². The van der Waals surface area contributed by atoms with Crippen LogP contribution in [-0.2, 0) is 9.59 Å². The van der Waals surface area contributed by atoms with Gasteiger partial charge in [-0.25, -0.2) is 0 Å². The second kappa shape index (κ2) is 6.91. The van der Waals surface area contributed by atoms with Crippen LogP contribution in [0.1, 0.15) is 18.4 Å². The maximum absolute atomic E-state index is 11.9. The number of aryl methyl sites for hydroxylation is 1. The molecule has 0 saturated heterocycles. The van der Waals surface area contributed by atoms with Gasteiger partial charge in [-0.2, -0.15) is 0 Å². The zero-order valence-corrected chi connectivity index (χ0v) is 13.0. The molecular weight excluding hydrogens is 290 g/mol. The van der Waals surface area contributed by atoms with Gasteiger partial charge in [0.05, 0.1) is 23.8 Å². The van der Waals surface area contributed by atoms with Crippen molar-refractivity contribution in [2.45, 2.75) is 25.8 Å². The van der Waals surface area contributed by atoms with E-state index in [1.807, 2.05) is 13.0 Å². The number of hydrogen-bond donors (Lipinski definition) is 2. The molecule has 0 radical (unpaired) electrons. The van der Waals surface area contributed by atoms with Crippen molar-refractivity contribution in [3.05, 3.63) is 28.8 Å². The maximum Gasteiger partial charge on any atom is 0.238 e. The molecular formula is C15H20ClN3O2. The normalized spacial score (nSPS) is 14.1. The van der Waals surface area contributed by atoms with Gasteiger partial charge in [0.25, 0.3) is 0 Å². The van der Waals surface area contributed by atoms with Crippen molar-refractivity contribution < 1.29 is 9.59 Å². The zero-order chi connectivity index (χ0) is 15.4. The van der Waals surface area contributed by atoms with Gasteiger partial charge < -0.3 is 10.6 Å². The van der Waals surface area contributed by atoms with Crippen LogP contribution < -0.4 is 10.6 Å². The summed E-state index contributed by atoms with van der Waals surface area (Å²) in [6, 6.07) is 5.79. The molecule has 2 rings (SSSR count). The molecule has 0 atom stereocenters. The van der Waals surface area contributed by atoms with E-state index in [9.17, 15) is 9.59 Å². The average Bonchev–Trinajstić information content (AvgIpc) is 3.16. The number of benzene rings is 1. The van der Waals surface area contributed by atoms with E-state index in [4.69, 9.17) is 11.6 Å². The van der Waals surface area contributed by atoms with Crippen LogP contribution in [-0.4, -0.2) is 42.9 Å². The lowest BCUT2D eigenvalue weighted by molar-refractivity contribution is -0.123. The highest BCUT2D eigenvalue weighted by atomic mass is 35.5. The quantitative estimate of drug-likeness (QED) is 0.842. The summed E-state index contributed by atoms with van der Waals surface area (Å²) in [4.78, 5) is 25.2. The first-order valence-corrected chi connectivity index (χ1v) is 7.36. The Bertz CT molecular complexity index is 544. The average molecular weight is 310 g/mol. The van der Waals surface area contributed by atoms with Crippen molar-refractivity contribution in [3.63, 3.8) is 0 Å². The Kier molecular flexibility index (Phi) is 5.20. The number of carbonyl (C=O) groups excluding carboxylic acids is 2. The summed E-state index contributed by atoms with van der Waals surface area (Å²) < 4.78 is 0. The third kappa shape index (κ3) is 5.36. The summed E-state index contributed by atoms with van der Waals surface area (Å²) in [6.07, 6.45) is 2.11. The monoisotopic (exact) mass is 309 g/mol. The van der Waals surface area contributed by atoms with Gasteiger partial charge in [0.15, 0.2) is 0 Å². The Hall–Kier alpha value is -1.59. The van der Waals surface area contributed by atoms with Crippen LogP contribution in [0.2, 0.25) is 5.02 Å². The van der Waals surface area contributed by atoms with Crippen LogP contribution in [0.3, 0.4) is 0 Å². The van der Waals surface area contributed by atoms with Gasteiger partial charge >= 0.3 is 0 Å². The second-order valence-electron chi connectivity index (χ2n) is 5.55. The van der Waals surface area contributed by atoms with Crippen molar-refractivity contribution in [2.24, 2.45) is 0 Å². The van der Waals surface area contributed by atoms with Gasteiger partial charge in [-0.05, 0) is 44.5 Å². The molecule has 0 aliphatic heterocycles. The predicted octanol–water partition coefficient (Wildman–Crippen LogP) is 1.80. The van der Waals surface area contributed by atoms with E-state index in [0.29, 0.717) is 16.8 Å². The van der Waals surface area contributed by atoms with Gasteiger partial charge in [-0.15, -0.1) is 0 Å². The fourth-order valence-electron chi connectivity index (χ4n) is 1.96. The molecule has 0 spiro atoms. The Labute approximate surface area is 129 Å². The van der Waals surface area contributed by atoms with Crippen molar-refractivity contribution in [3.8, 4) is 0 Å². The van der Waals surface area contributed by atoms with E-state index in [2.05, 4.69) is 10.6 Å². The smallest absolute Gasteiger partial charge is 0.238 e. The number of nitrogens with zero attached hydrogens (tertiary/aromatic N) is 1. The van der Waals surface area contributed by atoms with Crippen LogP contribution in [0, 0.1) is 6.92 Å². The topological polar surface area (TPSA) is 61.4 Å². The highest BCUT2D eigenvalue weighted by molar-refractivity contribution is 6.33. The van der Waals surface area contributed by atoms with E-state index >= 15 is 0 Å². The molecule has 114 valence electrons. The second-order valence-corrected chi connectivity index (χ2v) is 5.95. The molecule has 1 fully saturated rings. The third-order valence-electron chi connectivity index (χ3n) is 3.17. The molecule has 1 aromatic rings. The fourth-order valence-corrected chi connectivity index (χ4v) is 2.24. The number of carbonyl (C=O) groups is 2. The van der Waals surface area contributed by atoms with Gasteiger partial charge in [0.2, 0.25) is 11.8 Å². The van der Waals surface area contributed by atoms with Crippen LogP contribution in [0.15, 0.2) is 18.2 Å². The number of rotatable bonds is 6. The zero-order valence-electron chi connectivity index (χ0n) is 12.3. The molecule has 21 heavy (non-hydrogen) atoms. The molecule has 0 bridgehead atoms. The molecule has 0 aromatic heterocycles. The third-order valence-corrected chi connectivity index (χ3v) is 3.48. The van der Waals surface area contributed by atoms with Crippen molar-refractivity contribution in [1.82, 2.24) is 10.2 Å². The Morgan fingerprint density at radius 1 is 1.29 bits per heavy atom. The summed E-state index contributed by atoms with van der Waals surface area (Å²) in [5, 5.41) is 6.15. The summed E-state index contributed by atoms with van der Waals surface area (Å²) in [5.74, 6) is -0.233. The maximum atomic E-state index is 11.9. The SMILES string of the molecule is Cc1ccc(NC(=O)CN(C)CC(=O)NC2CC2)c(Cl)c1. The lowest BCUT2D eigenvalue weighted by Gasteiger charge is -2.16. The van der Waals surface area contributed by atoms with E-state index in [1.165, 1.54) is 0 Å². The van der Waals surface area contributed by atoms with Crippen molar-refractivity contribution >= 4 is 29.1 Å². The summed E-state index contributed by atoms with van der Waals surface area (Å²) >= 11 is 6.07. The van der Waals surface area contributed by atoms with Crippen LogP contribution in [0.25, 0.3) is 0 Å². The Balaban J connectivity index is 1.78. The number of hydrogen-bond acceptors (Lipinski definition) is 3. The minimum absolute atomic E-state index is 0.0406. The number of anilines is 1. The molecule has 6 heteroatoms. The van der Waals surface area contributed by atoms with E-state index in [0.717, 1.165) is 18.4 Å². The molecule has 2 N–H and O–H groups in total. The molecule has 1 aromatic carbocycles. The van der Waals surface area contributed by atoms with Gasteiger partial charge in [-0.1, -0.05) is 17.7 Å². The lowest BCUT2D eigenvalue weighted by Crippen LogP contribution is -2.39. The first-order valence-electron chi connectivity index (χ1n) is 6.98. The number of likely N-dealkylation sites (N-methyl/N-ethyl adjacent to an activating group) is 1. The number of nitrogens with one attached hydrogen (secondary N) is 2. The van der Waals surface area contributed by atoms with Crippen LogP contribution in [0.5, 0.6) is 0 Å². The van der Waals surface area contributed by atoms with E-state index < -0.39 is 0 Å². The summed E-state index contributed by atoms with van der Waals surface area (Å²) in [7, 11) is 1.74. The number of halogens is 1. The lowest BCUT2D eigenvalue weighted by atomic mass is 10.2. The number of amides is 2. The first kappa shape index (κ1) is 15.8. The molecule has 5 nitrogen and oxygen atoms in total. The first-order chi connectivity index (χ1) is 9.94. The van der Waals surface area contributed by atoms with Gasteiger partial charge in [-0.3, -0.25) is 14.5 Å². The Morgan fingerprint density at radius 3 is 2.57 bits per heavy atom. The van der Waals surface area contributed by atoms with Gasteiger partial charge in [0.1, 0.15) is 0 Å². The fraction of sp³-hybridized carbons (Fsp3) is 0.467. The van der Waals surface area contributed by atoms with E-state index in [-0.39, 0.29) is 24.9 Å². The van der Waals surface area contributed by atoms with Crippen molar-refractivity contribution in [2.75, 3.05) is 25.5 Å². The van der Waals surface area contributed by atoms with Crippen LogP contribution >= 0.6 is 11.6 Å². The molecule has 0 unspecified atom stereocenters. The molecule has 1 saturated carbocycles. The largest absolute Gasteiger partial charge is 0.352 e. The highest BCUT2D eigenvalue weighted by Gasteiger charge is 2.23. The van der Waals surface area contributed by atoms with E-state index in [1.54, 1.807) is 24.1 Å².